The molecule has 7 heteroatoms. The van der Waals surface area contributed by atoms with Crippen molar-refractivity contribution in [2.45, 2.75) is 31.8 Å². The van der Waals surface area contributed by atoms with E-state index in [4.69, 9.17) is 9.84 Å². The molecule has 1 aliphatic heterocycles. The van der Waals surface area contributed by atoms with Gasteiger partial charge in [0.05, 0.1) is 18.9 Å². The summed E-state index contributed by atoms with van der Waals surface area (Å²) in [5.74, 6) is 0. The predicted octanol–water partition coefficient (Wildman–Crippen LogP) is -1.57. The summed E-state index contributed by atoms with van der Waals surface area (Å²) < 4.78 is 7.07. The molecule has 1 saturated heterocycles. The van der Waals surface area contributed by atoms with Crippen molar-refractivity contribution in [3.8, 4) is 0 Å². The van der Waals surface area contributed by atoms with E-state index in [1.165, 1.54) is 10.8 Å². The maximum atomic E-state index is 11.6. The van der Waals surface area contributed by atoms with Crippen LogP contribution >= 0.6 is 0 Å². The molecule has 0 spiro atoms. The average Bonchev–Trinajstić information content (AvgIpc) is 2.65. The summed E-state index contributed by atoms with van der Waals surface area (Å²) in [6, 6.07) is 0. The fourth-order valence-corrected chi connectivity index (χ4v) is 1.87. The molecular weight excluding hydrogens is 228 g/mol. The first-order valence-corrected chi connectivity index (χ1v) is 5.29. The lowest BCUT2D eigenvalue weighted by molar-refractivity contribution is -0.614. The van der Waals surface area contributed by atoms with Gasteiger partial charge in [0.2, 0.25) is 11.9 Å². The summed E-state index contributed by atoms with van der Waals surface area (Å²) in [6.07, 6.45) is 0.371. The highest BCUT2D eigenvalue weighted by Crippen LogP contribution is 2.27. The van der Waals surface area contributed by atoms with Gasteiger partial charge in [0.1, 0.15) is 12.3 Å². The number of aliphatic hydroxyl groups excluding tert-OH is 2. The van der Waals surface area contributed by atoms with Crippen molar-refractivity contribution >= 4 is 0 Å². The Morgan fingerprint density at radius 3 is 3.00 bits per heavy atom. The molecule has 0 radical (unpaired) electrons. The van der Waals surface area contributed by atoms with Crippen molar-refractivity contribution in [3.05, 3.63) is 33.6 Å². The van der Waals surface area contributed by atoms with Gasteiger partial charge in [-0.1, -0.05) is 0 Å². The number of aryl methyl sites for hydroxylation is 1. The molecule has 0 saturated carbocycles. The molecule has 2 rings (SSSR count). The Morgan fingerprint density at radius 1 is 1.71 bits per heavy atom. The fourth-order valence-electron chi connectivity index (χ4n) is 1.87. The number of nitrogens with zero attached hydrogens (tertiary/aromatic N) is 2. The van der Waals surface area contributed by atoms with Crippen molar-refractivity contribution < 1.29 is 19.7 Å². The summed E-state index contributed by atoms with van der Waals surface area (Å²) in [7, 11) is 0. The molecule has 1 fully saturated rings. The van der Waals surface area contributed by atoms with E-state index in [1.807, 2.05) is 0 Å². The van der Waals surface area contributed by atoms with Gasteiger partial charge in [-0.2, -0.15) is 4.73 Å². The van der Waals surface area contributed by atoms with Gasteiger partial charge in [0.15, 0.2) is 0 Å². The molecule has 2 N–H and O–H groups in total. The molecule has 1 aliphatic rings. The van der Waals surface area contributed by atoms with E-state index >= 15 is 0 Å². The van der Waals surface area contributed by atoms with Gasteiger partial charge in [-0.05, 0) is 0 Å². The zero-order valence-corrected chi connectivity index (χ0v) is 9.31. The van der Waals surface area contributed by atoms with Crippen LogP contribution in [0.5, 0.6) is 0 Å². The third kappa shape index (κ3) is 2.17. The number of hydrogen-bond donors (Lipinski definition) is 2. The van der Waals surface area contributed by atoms with Crippen LogP contribution in [0, 0.1) is 12.1 Å². The monoisotopic (exact) mass is 242 g/mol. The number of ether oxygens (including phenoxy) is 1. The van der Waals surface area contributed by atoms with E-state index in [-0.39, 0.29) is 13.0 Å². The SMILES string of the molecule is Cc1cn([C@H]2C[C@H](O)[C@@H](CO)O2)c(=O)c[n+]1[O-]. The van der Waals surface area contributed by atoms with Crippen molar-refractivity contribution in [1.29, 1.82) is 0 Å². The van der Waals surface area contributed by atoms with Gasteiger partial charge in [-0.25, -0.2) is 0 Å². The van der Waals surface area contributed by atoms with E-state index in [0.29, 0.717) is 10.4 Å². The van der Waals surface area contributed by atoms with Crippen molar-refractivity contribution in [2.75, 3.05) is 6.61 Å². The third-order valence-corrected chi connectivity index (χ3v) is 2.85. The lowest BCUT2D eigenvalue weighted by Gasteiger charge is -2.14. The molecule has 94 valence electrons. The average molecular weight is 242 g/mol. The minimum atomic E-state index is -0.809. The van der Waals surface area contributed by atoms with Crippen LogP contribution in [0.25, 0.3) is 0 Å². The summed E-state index contributed by atoms with van der Waals surface area (Å²) in [5, 5.41) is 29.7. The molecule has 1 aromatic heterocycles. The largest absolute Gasteiger partial charge is 0.618 e. The zero-order chi connectivity index (χ0) is 12.6. The minimum absolute atomic E-state index is 0.216. The van der Waals surface area contributed by atoms with Gasteiger partial charge >= 0.3 is 5.56 Å². The highest BCUT2D eigenvalue weighted by Gasteiger charge is 2.35. The molecule has 1 aromatic rings. The smallest absolute Gasteiger partial charge is 0.318 e. The summed E-state index contributed by atoms with van der Waals surface area (Å²) in [6.45, 7) is 1.26. The van der Waals surface area contributed by atoms with Crippen LogP contribution in [0.4, 0.5) is 0 Å². The van der Waals surface area contributed by atoms with Gasteiger partial charge in [-0.15, -0.1) is 0 Å². The van der Waals surface area contributed by atoms with Gasteiger partial charge in [-0.3, -0.25) is 9.36 Å². The van der Waals surface area contributed by atoms with Crippen LogP contribution in [-0.2, 0) is 4.74 Å². The standard InChI is InChI=1S/C10H14N2O5/c1-6-3-11(9(15)4-12(6)16)10-2-7(14)8(5-13)17-10/h3-4,7-8,10,13-14H,2,5H2,1H3/t7-,8+,10+/m0/s1. The van der Waals surface area contributed by atoms with Crippen LogP contribution in [0.3, 0.4) is 0 Å². The molecule has 0 unspecified atom stereocenters. The van der Waals surface area contributed by atoms with Crippen molar-refractivity contribution in [2.24, 2.45) is 0 Å². The number of hydrogen-bond acceptors (Lipinski definition) is 5. The molecule has 0 aliphatic carbocycles. The van der Waals surface area contributed by atoms with Crippen LogP contribution in [0.1, 0.15) is 18.3 Å². The highest BCUT2D eigenvalue weighted by molar-refractivity contribution is 4.91. The first-order chi connectivity index (χ1) is 8.02. The lowest BCUT2D eigenvalue weighted by atomic mass is 10.2. The van der Waals surface area contributed by atoms with Crippen molar-refractivity contribution in [1.82, 2.24) is 4.57 Å². The third-order valence-electron chi connectivity index (χ3n) is 2.85. The number of aromatic nitrogens is 2. The summed E-state index contributed by atoms with van der Waals surface area (Å²) in [5.41, 5.74) is -0.142. The van der Waals surface area contributed by atoms with Gasteiger partial charge < -0.3 is 20.2 Å². The fraction of sp³-hybridized carbons (Fsp3) is 0.600. The Morgan fingerprint density at radius 2 is 2.41 bits per heavy atom. The number of aliphatic hydroxyl groups is 2. The molecule has 0 bridgehead atoms. The molecule has 3 atom stereocenters. The maximum Gasteiger partial charge on any atom is 0.318 e. The van der Waals surface area contributed by atoms with Gasteiger partial charge in [0.25, 0.3) is 0 Å². The Bertz CT molecular complexity index is 472. The Kier molecular flexibility index (Phi) is 3.14. The molecule has 17 heavy (non-hydrogen) atoms. The van der Waals surface area contributed by atoms with E-state index in [1.54, 1.807) is 6.92 Å². The van der Waals surface area contributed by atoms with Gasteiger partial charge in [0, 0.05) is 13.3 Å². The van der Waals surface area contributed by atoms with Crippen LogP contribution in [0.2, 0.25) is 0 Å². The maximum absolute atomic E-state index is 11.6. The molecule has 0 amide bonds. The van der Waals surface area contributed by atoms with Crippen LogP contribution in [-0.4, -0.2) is 33.6 Å². The first-order valence-electron chi connectivity index (χ1n) is 5.29. The summed E-state index contributed by atoms with van der Waals surface area (Å²) in [4.78, 5) is 11.6. The zero-order valence-electron chi connectivity index (χ0n) is 9.31. The normalized spacial score (nSPS) is 28.5. The number of rotatable bonds is 2. The Labute approximate surface area is 97.1 Å². The molecule has 2 heterocycles. The molecule has 7 nitrogen and oxygen atoms in total. The quantitative estimate of drug-likeness (QED) is 0.482. The highest BCUT2D eigenvalue weighted by atomic mass is 16.5. The van der Waals surface area contributed by atoms with Crippen LogP contribution < -0.4 is 10.3 Å². The summed E-state index contributed by atoms with van der Waals surface area (Å²) >= 11 is 0. The second-order valence-corrected chi connectivity index (χ2v) is 4.09. The second kappa shape index (κ2) is 4.44. The first kappa shape index (κ1) is 12.0. The lowest BCUT2D eigenvalue weighted by Crippen LogP contribution is -2.39. The van der Waals surface area contributed by atoms with E-state index in [9.17, 15) is 15.1 Å². The van der Waals surface area contributed by atoms with Crippen LogP contribution in [0.15, 0.2) is 17.2 Å². The Hall–Kier alpha value is -1.44. The molecule has 0 aromatic carbocycles. The van der Waals surface area contributed by atoms with E-state index < -0.39 is 24.0 Å². The second-order valence-electron chi connectivity index (χ2n) is 4.09. The predicted molar refractivity (Wildman–Crippen MR) is 56.0 cm³/mol. The molecular formula is C10H14N2O5. The van der Waals surface area contributed by atoms with E-state index in [2.05, 4.69) is 0 Å². The minimum Gasteiger partial charge on any atom is -0.618 e. The van der Waals surface area contributed by atoms with E-state index in [0.717, 1.165) is 6.20 Å². The van der Waals surface area contributed by atoms with Crippen molar-refractivity contribution in [3.63, 3.8) is 0 Å². The Balaban J connectivity index is 2.30. The topological polar surface area (TPSA) is 98.6 Å².